The number of hydrogen-bond acceptors (Lipinski definition) is 6. The Morgan fingerprint density at radius 1 is 1.27 bits per heavy atom. The van der Waals surface area contributed by atoms with Gasteiger partial charge in [0.2, 0.25) is 5.91 Å². The molecule has 2 aromatic heterocycles. The first-order valence-corrected chi connectivity index (χ1v) is 9.96. The van der Waals surface area contributed by atoms with Gasteiger partial charge in [-0.3, -0.25) is 14.6 Å². The van der Waals surface area contributed by atoms with Crippen LogP contribution < -0.4 is 5.56 Å². The maximum atomic E-state index is 13.9. The number of nitriles is 1. The molecule has 0 saturated heterocycles. The van der Waals surface area contributed by atoms with Crippen molar-refractivity contribution in [1.29, 1.82) is 5.26 Å². The number of carbonyl (C=O) groups is 2. The summed E-state index contributed by atoms with van der Waals surface area (Å²) in [6.07, 6.45) is 2.11. The van der Waals surface area contributed by atoms with Crippen LogP contribution in [-0.4, -0.2) is 50.1 Å². The Hall–Kier alpha value is -4.26. The molecule has 0 unspecified atom stereocenters. The molecule has 1 amide bonds. The van der Waals surface area contributed by atoms with E-state index in [9.17, 15) is 29.0 Å². The summed E-state index contributed by atoms with van der Waals surface area (Å²) in [5, 5.41) is 28.2. The molecule has 33 heavy (non-hydrogen) atoms. The van der Waals surface area contributed by atoms with Crippen LogP contribution in [-0.2, 0) is 24.7 Å². The molecule has 0 aliphatic heterocycles. The van der Waals surface area contributed by atoms with Crippen LogP contribution in [0.2, 0.25) is 0 Å². The van der Waals surface area contributed by atoms with Gasteiger partial charge in [-0.2, -0.15) is 5.26 Å². The second kappa shape index (κ2) is 9.48. The lowest BCUT2D eigenvalue weighted by Crippen LogP contribution is -2.27. The molecule has 10 heteroatoms. The molecular formula is C23H21FN4O5. The summed E-state index contributed by atoms with van der Waals surface area (Å²) in [5.74, 6) is -2.93. The van der Waals surface area contributed by atoms with Gasteiger partial charge in [0.25, 0.3) is 5.56 Å². The number of amides is 1. The van der Waals surface area contributed by atoms with Crippen LogP contribution in [0.5, 0.6) is 5.75 Å². The Balaban J connectivity index is 1.94. The Morgan fingerprint density at radius 3 is 2.67 bits per heavy atom. The monoisotopic (exact) mass is 452 g/mol. The van der Waals surface area contributed by atoms with Gasteiger partial charge >= 0.3 is 5.97 Å². The predicted molar refractivity (Wildman–Crippen MR) is 116 cm³/mol. The van der Waals surface area contributed by atoms with Gasteiger partial charge in [0.15, 0.2) is 11.3 Å². The number of carbonyl (C=O) groups excluding carboxylic acids is 1. The van der Waals surface area contributed by atoms with Crippen molar-refractivity contribution < 1.29 is 24.2 Å². The Kier molecular flexibility index (Phi) is 6.72. The number of hydrogen-bond donors (Lipinski definition) is 2. The molecule has 0 radical (unpaired) electrons. The smallest absolute Gasteiger partial charge is 0.345 e. The van der Waals surface area contributed by atoms with Crippen molar-refractivity contribution in [2.45, 2.75) is 19.3 Å². The van der Waals surface area contributed by atoms with Crippen LogP contribution in [0, 0.1) is 17.1 Å². The van der Waals surface area contributed by atoms with Crippen molar-refractivity contribution >= 4 is 22.9 Å². The van der Waals surface area contributed by atoms with Gasteiger partial charge in [-0.1, -0.05) is 6.07 Å². The van der Waals surface area contributed by atoms with Gasteiger partial charge in [-0.05, 0) is 47.7 Å². The van der Waals surface area contributed by atoms with Gasteiger partial charge in [0, 0.05) is 26.7 Å². The number of nitrogens with zero attached hydrogens (tertiary/aromatic N) is 4. The topological polar surface area (TPSA) is 137 Å². The molecule has 3 aromatic rings. The third kappa shape index (κ3) is 4.82. The molecule has 1 aromatic carbocycles. The summed E-state index contributed by atoms with van der Waals surface area (Å²) in [6, 6.07) is 7.76. The maximum absolute atomic E-state index is 13.9. The van der Waals surface area contributed by atoms with Gasteiger partial charge in [0.05, 0.1) is 11.6 Å². The van der Waals surface area contributed by atoms with Crippen LogP contribution in [0.4, 0.5) is 4.39 Å². The summed E-state index contributed by atoms with van der Waals surface area (Å²) in [4.78, 5) is 41.3. The van der Waals surface area contributed by atoms with Crippen LogP contribution in [0.3, 0.4) is 0 Å². The molecule has 9 nitrogen and oxygen atoms in total. The summed E-state index contributed by atoms with van der Waals surface area (Å²) >= 11 is 0. The van der Waals surface area contributed by atoms with E-state index in [-0.39, 0.29) is 36.3 Å². The summed E-state index contributed by atoms with van der Waals surface area (Å²) in [5.41, 5.74) is 0.601. The minimum Gasteiger partial charge on any atom is -0.505 e. The highest BCUT2D eigenvalue weighted by Crippen LogP contribution is 2.26. The summed E-state index contributed by atoms with van der Waals surface area (Å²) in [7, 11) is 2.91. The van der Waals surface area contributed by atoms with E-state index >= 15 is 0 Å². The van der Waals surface area contributed by atoms with E-state index < -0.39 is 28.7 Å². The molecule has 3 rings (SSSR count). The maximum Gasteiger partial charge on any atom is 0.345 e. The lowest BCUT2D eigenvalue weighted by molar-refractivity contribution is -0.129. The number of halogens is 1. The second-order valence-electron chi connectivity index (χ2n) is 7.60. The van der Waals surface area contributed by atoms with Crippen molar-refractivity contribution in [2.75, 3.05) is 13.6 Å². The number of fused-ring (bicyclic) bond motifs is 1. The van der Waals surface area contributed by atoms with Crippen molar-refractivity contribution in [2.24, 2.45) is 7.05 Å². The molecule has 0 spiro atoms. The molecule has 0 bridgehead atoms. The lowest BCUT2D eigenvalue weighted by atomic mass is 9.97. The SMILES string of the molecule is CN(CC#N)C(=O)CCc1cc(F)ccc1Cc1cnc2c(O)c(C(=O)O)c(=O)n(C)c2c1. The minimum absolute atomic E-state index is 0.0243. The summed E-state index contributed by atoms with van der Waals surface area (Å²) < 4.78 is 15.0. The number of aromatic nitrogens is 2. The quantitative estimate of drug-likeness (QED) is 0.523. The van der Waals surface area contributed by atoms with E-state index in [2.05, 4.69) is 4.98 Å². The first-order chi connectivity index (χ1) is 15.6. The molecule has 0 atom stereocenters. The molecule has 0 fully saturated rings. The fourth-order valence-corrected chi connectivity index (χ4v) is 3.57. The predicted octanol–water partition coefficient (Wildman–Crippen LogP) is 1.98. The Labute approximate surface area is 187 Å². The largest absolute Gasteiger partial charge is 0.505 e. The number of rotatable bonds is 7. The zero-order valence-corrected chi connectivity index (χ0v) is 18.0. The minimum atomic E-state index is -1.55. The molecule has 0 aliphatic rings. The number of aryl methyl sites for hydroxylation is 2. The van der Waals surface area contributed by atoms with Crippen LogP contribution in [0.25, 0.3) is 11.0 Å². The highest BCUT2D eigenvalue weighted by atomic mass is 19.1. The number of aromatic carboxylic acids is 1. The average molecular weight is 452 g/mol. The van der Waals surface area contributed by atoms with E-state index in [1.165, 1.54) is 37.3 Å². The van der Waals surface area contributed by atoms with E-state index in [1.54, 1.807) is 12.1 Å². The zero-order chi connectivity index (χ0) is 24.3. The molecule has 0 aliphatic carbocycles. The highest BCUT2D eigenvalue weighted by Gasteiger charge is 2.21. The normalized spacial score (nSPS) is 10.7. The standard InChI is InChI=1S/C23H21FN4O5/c1-27(8-7-25)18(29)6-4-15-11-16(24)5-3-14(15)9-13-10-17-20(26-12-13)21(30)19(23(32)33)22(31)28(17)2/h3,5,10-12,30H,4,6,8-9H2,1-2H3,(H,32,33). The number of pyridine rings is 2. The fraction of sp³-hybridized carbons (Fsp3) is 0.261. The molecule has 2 heterocycles. The number of benzene rings is 1. The first kappa shape index (κ1) is 23.4. The summed E-state index contributed by atoms with van der Waals surface area (Å²) in [6.45, 7) is -0.0350. The highest BCUT2D eigenvalue weighted by molar-refractivity contribution is 5.97. The number of aromatic hydroxyl groups is 1. The Morgan fingerprint density at radius 2 is 2.00 bits per heavy atom. The van der Waals surface area contributed by atoms with Crippen molar-refractivity contribution in [3.8, 4) is 11.8 Å². The Bertz CT molecular complexity index is 1360. The molecule has 170 valence electrons. The number of carboxylic acids is 1. The van der Waals surface area contributed by atoms with Gasteiger partial charge in [0.1, 0.15) is 17.9 Å². The third-order valence-corrected chi connectivity index (χ3v) is 5.38. The molecular weight excluding hydrogens is 431 g/mol. The van der Waals surface area contributed by atoms with E-state index in [0.29, 0.717) is 17.5 Å². The fourth-order valence-electron chi connectivity index (χ4n) is 3.57. The molecule has 0 saturated carbocycles. The number of carboxylic acid groups (broad SMARTS) is 1. The van der Waals surface area contributed by atoms with Crippen molar-refractivity contribution in [1.82, 2.24) is 14.5 Å². The third-order valence-electron chi connectivity index (χ3n) is 5.38. The van der Waals surface area contributed by atoms with Gasteiger partial charge < -0.3 is 19.7 Å². The van der Waals surface area contributed by atoms with Gasteiger partial charge in [-0.15, -0.1) is 0 Å². The van der Waals surface area contributed by atoms with Gasteiger partial charge in [-0.25, -0.2) is 9.18 Å². The van der Waals surface area contributed by atoms with Crippen LogP contribution in [0.1, 0.15) is 33.5 Å². The molecule has 2 N–H and O–H groups in total. The van der Waals surface area contributed by atoms with E-state index in [1.807, 2.05) is 6.07 Å². The second-order valence-corrected chi connectivity index (χ2v) is 7.60. The zero-order valence-electron chi connectivity index (χ0n) is 18.0. The van der Waals surface area contributed by atoms with Crippen molar-refractivity contribution in [3.05, 3.63) is 68.9 Å². The lowest BCUT2D eigenvalue weighted by Gasteiger charge is -2.15. The average Bonchev–Trinajstić information content (AvgIpc) is 2.77. The van der Waals surface area contributed by atoms with E-state index in [0.717, 1.165) is 10.1 Å². The first-order valence-electron chi connectivity index (χ1n) is 9.96. The van der Waals surface area contributed by atoms with Crippen LogP contribution in [0.15, 0.2) is 35.3 Å². The van der Waals surface area contributed by atoms with Crippen molar-refractivity contribution in [3.63, 3.8) is 0 Å². The van der Waals surface area contributed by atoms with Crippen LogP contribution >= 0.6 is 0 Å². The van der Waals surface area contributed by atoms with E-state index in [4.69, 9.17) is 5.26 Å².